The summed E-state index contributed by atoms with van der Waals surface area (Å²) in [5.41, 5.74) is 2.54. The molecule has 1 fully saturated rings. The monoisotopic (exact) mass is 290 g/mol. The molecular weight excluding hydrogens is 272 g/mol. The number of piperidine rings is 1. The molecule has 1 aromatic carbocycles. The van der Waals surface area contributed by atoms with E-state index in [2.05, 4.69) is 17.1 Å². The van der Waals surface area contributed by atoms with E-state index in [-0.39, 0.29) is 5.91 Å². The number of carbonyl (C=O) groups excluding carboxylic acids is 1. The molecule has 0 aromatic heterocycles. The molecule has 3 rings (SSSR count). The van der Waals surface area contributed by atoms with E-state index in [1.807, 2.05) is 24.4 Å². The summed E-state index contributed by atoms with van der Waals surface area (Å²) in [5, 5.41) is 3.54. The molecule has 2 aliphatic heterocycles. The summed E-state index contributed by atoms with van der Waals surface area (Å²) in [6.07, 6.45) is 6.88. The number of halogens is 1. The van der Waals surface area contributed by atoms with Gasteiger partial charge in [0, 0.05) is 29.4 Å². The molecule has 4 heteroatoms. The SMILES string of the molecule is CCC1CCCCN1/C=C1/C(=O)Nc2cc(Cl)ccc21. The van der Waals surface area contributed by atoms with Gasteiger partial charge in [-0.1, -0.05) is 24.6 Å². The van der Waals surface area contributed by atoms with Crippen molar-refractivity contribution in [2.45, 2.75) is 38.6 Å². The van der Waals surface area contributed by atoms with E-state index in [9.17, 15) is 4.79 Å². The van der Waals surface area contributed by atoms with Crippen LogP contribution in [0.25, 0.3) is 5.57 Å². The molecule has 0 bridgehead atoms. The van der Waals surface area contributed by atoms with Crippen LogP contribution in [0.5, 0.6) is 0 Å². The van der Waals surface area contributed by atoms with Crippen molar-refractivity contribution in [1.29, 1.82) is 0 Å². The van der Waals surface area contributed by atoms with Gasteiger partial charge in [0.2, 0.25) is 0 Å². The molecule has 1 atom stereocenters. The van der Waals surface area contributed by atoms with Gasteiger partial charge in [0.25, 0.3) is 5.91 Å². The predicted octanol–water partition coefficient (Wildman–Crippen LogP) is 3.90. The second kappa shape index (κ2) is 5.49. The fraction of sp³-hybridized carbons (Fsp3) is 0.438. The molecule has 1 aromatic rings. The highest BCUT2D eigenvalue weighted by Crippen LogP contribution is 2.34. The first-order valence-electron chi connectivity index (χ1n) is 7.28. The zero-order chi connectivity index (χ0) is 14.1. The normalized spacial score (nSPS) is 23.9. The van der Waals surface area contributed by atoms with Crippen molar-refractivity contribution in [3.63, 3.8) is 0 Å². The van der Waals surface area contributed by atoms with Crippen LogP contribution in [-0.4, -0.2) is 23.4 Å². The Labute approximate surface area is 124 Å². The molecular formula is C16H19ClN2O. The number of likely N-dealkylation sites (tertiary alicyclic amines) is 1. The highest BCUT2D eigenvalue weighted by atomic mass is 35.5. The molecule has 1 amide bonds. The number of hydrogen-bond donors (Lipinski definition) is 1. The Morgan fingerprint density at radius 2 is 2.30 bits per heavy atom. The van der Waals surface area contributed by atoms with Crippen LogP contribution in [0.2, 0.25) is 5.02 Å². The maximum absolute atomic E-state index is 12.2. The molecule has 3 nitrogen and oxygen atoms in total. The largest absolute Gasteiger partial charge is 0.374 e. The number of fused-ring (bicyclic) bond motifs is 1. The van der Waals surface area contributed by atoms with Gasteiger partial charge in [-0.15, -0.1) is 0 Å². The molecule has 106 valence electrons. The smallest absolute Gasteiger partial charge is 0.257 e. The van der Waals surface area contributed by atoms with Gasteiger partial charge >= 0.3 is 0 Å². The number of carbonyl (C=O) groups is 1. The van der Waals surface area contributed by atoms with E-state index >= 15 is 0 Å². The molecule has 2 aliphatic rings. The van der Waals surface area contributed by atoms with E-state index in [0.29, 0.717) is 11.1 Å². The Kier molecular flexibility index (Phi) is 3.70. The van der Waals surface area contributed by atoms with Gasteiger partial charge in [-0.25, -0.2) is 0 Å². The fourth-order valence-corrected chi connectivity index (χ4v) is 3.26. The van der Waals surface area contributed by atoms with Gasteiger partial charge in [-0.2, -0.15) is 0 Å². The summed E-state index contributed by atoms with van der Waals surface area (Å²) in [6.45, 7) is 3.25. The lowest BCUT2D eigenvalue weighted by atomic mass is 9.99. The summed E-state index contributed by atoms with van der Waals surface area (Å²) < 4.78 is 0. The van der Waals surface area contributed by atoms with Crippen molar-refractivity contribution in [1.82, 2.24) is 4.90 Å². The summed E-state index contributed by atoms with van der Waals surface area (Å²) in [7, 11) is 0. The van der Waals surface area contributed by atoms with Crippen LogP contribution in [0.4, 0.5) is 5.69 Å². The number of nitrogens with zero attached hydrogens (tertiary/aromatic N) is 1. The first kappa shape index (κ1) is 13.5. The number of anilines is 1. The standard InChI is InChI=1S/C16H19ClN2O/c1-2-12-5-3-4-8-19(12)10-14-13-7-6-11(17)9-15(13)18-16(14)20/h6-7,9-10,12H,2-5,8H2,1H3,(H,18,20)/b14-10+. The molecule has 0 spiro atoms. The molecule has 2 heterocycles. The summed E-state index contributed by atoms with van der Waals surface area (Å²) in [5.74, 6) is -0.0253. The van der Waals surface area contributed by atoms with Crippen molar-refractivity contribution >= 4 is 28.8 Å². The van der Waals surface area contributed by atoms with Crippen LogP contribution in [0, 0.1) is 0 Å². The lowest BCUT2D eigenvalue weighted by molar-refractivity contribution is -0.110. The van der Waals surface area contributed by atoms with Crippen LogP contribution >= 0.6 is 11.6 Å². The Morgan fingerprint density at radius 1 is 1.45 bits per heavy atom. The molecule has 1 unspecified atom stereocenters. The molecule has 0 aliphatic carbocycles. The summed E-state index contributed by atoms with van der Waals surface area (Å²) >= 11 is 5.98. The number of hydrogen-bond acceptors (Lipinski definition) is 2. The van der Waals surface area contributed by atoms with Gasteiger partial charge in [0.05, 0.1) is 11.3 Å². The third-order valence-electron chi connectivity index (χ3n) is 4.20. The fourth-order valence-electron chi connectivity index (χ4n) is 3.09. The second-order valence-corrected chi connectivity index (χ2v) is 5.92. The number of amides is 1. The van der Waals surface area contributed by atoms with E-state index in [1.54, 1.807) is 0 Å². The molecule has 1 N–H and O–H groups in total. The Morgan fingerprint density at radius 3 is 3.10 bits per heavy atom. The van der Waals surface area contributed by atoms with Gasteiger partial charge < -0.3 is 10.2 Å². The van der Waals surface area contributed by atoms with Crippen LogP contribution in [0.1, 0.15) is 38.2 Å². The predicted molar refractivity (Wildman–Crippen MR) is 82.7 cm³/mol. The first-order valence-corrected chi connectivity index (χ1v) is 7.65. The molecule has 1 saturated heterocycles. The van der Waals surface area contributed by atoms with Gasteiger partial charge in [-0.3, -0.25) is 4.79 Å². The molecule has 0 saturated carbocycles. The van der Waals surface area contributed by atoms with Crippen LogP contribution in [-0.2, 0) is 4.79 Å². The van der Waals surface area contributed by atoms with Gasteiger partial charge in [-0.05, 0) is 37.8 Å². The quantitative estimate of drug-likeness (QED) is 0.838. The minimum Gasteiger partial charge on any atom is -0.374 e. The van der Waals surface area contributed by atoms with Crippen molar-refractivity contribution in [3.05, 3.63) is 35.0 Å². The Hall–Kier alpha value is -1.48. The minimum absolute atomic E-state index is 0.0253. The zero-order valence-corrected chi connectivity index (χ0v) is 12.4. The summed E-state index contributed by atoms with van der Waals surface area (Å²) in [4.78, 5) is 14.5. The average Bonchev–Trinajstić information content (AvgIpc) is 2.75. The highest BCUT2D eigenvalue weighted by Gasteiger charge is 2.27. The lowest BCUT2D eigenvalue weighted by Gasteiger charge is -2.34. The lowest BCUT2D eigenvalue weighted by Crippen LogP contribution is -2.35. The van der Waals surface area contributed by atoms with Crippen molar-refractivity contribution in [2.75, 3.05) is 11.9 Å². The van der Waals surface area contributed by atoms with Crippen LogP contribution in [0.15, 0.2) is 24.4 Å². The summed E-state index contributed by atoms with van der Waals surface area (Å²) in [6, 6.07) is 6.12. The zero-order valence-electron chi connectivity index (χ0n) is 11.7. The Bertz CT molecular complexity index is 568. The van der Waals surface area contributed by atoms with Gasteiger partial charge in [0.15, 0.2) is 0 Å². The molecule has 20 heavy (non-hydrogen) atoms. The van der Waals surface area contributed by atoms with E-state index in [0.717, 1.165) is 29.8 Å². The second-order valence-electron chi connectivity index (χ2n) is 5.48. The topological polar surface area (TPSA) is 32.3 Å². The van der Waals surface area contributed by atoms with Gasteiger partial charge in [0.1, 0.15) is 0 Å². The van der Waals surface area contributed by atoms with Crippen LogP contribution in [0.3, 0.4) is 0 Å². The number of nitrogens with one attached hydrogen (secondary N) is 1. The van der Waals surface area contributed by atoms with E-state index in [4.69, 9.17) is 11.6 Å². The molecule has 0 radical (unpaired) electrons. The first-order chi connectivity index (χ1) is 9.69. The van der Waals surface area contributed by atoms with Crippen LogP contribution < -0.4 is 5.32 Å². The average molecular weight is 291 g/mol. The van der Waals surface area contributed by atoms with Crippen molar-refractivity contribution < 1.29 is 4.79 Å². The highest BCUT2D eigenvalue weighted by molar-refractivity contribution is 6.34. The maximum Gasteiger partial charge on any atom is 0.257 e. The number of rotatable bonds is 2. The maximum atomic E-state index is 12.2. The third kappa shape index (κ3) is 2.42. The van der Waals surface area contributed by atoms with E-state index < -0.39 is 0 Å². The van der Waals surface area contributed by atoms with Crippen molar-refractivity contribution in [3.8, 4) is 0 Å². The minimum atomic E-state index is -0.0253. The Balaban J connectivity index is 1.93. The van der Waals surface area contributed by atoms with E-state index in [1.165, 1.54) is 19.3 Å². The number of benzene rings is 1. The van der Waals surface area contributed by atoms with Crippen molar-refractivity contribution in [2.24, 2.45) is 0 Å². The third-order valence-corrected chi connectivity index (χ3v) is 4.44.